The van der Waals surface area contributed by atoms with Crippen LogP contribution in [0.3, 0.4) is 0 Å². The van der Waals surface area contributed by atoms with Gasteiger partial charge in [-0.1, -0.05) is 39.0 Å². The fourth-order valence-electron chi connectivity index (χ4n) is 2.24. The molecule has 0 spiro atoms. The van der Waals surface area contributed by atoms with Gasteiger partial charge in [-0.25, -0.2) is 8.78 Å². The summed E-state index contributed by atoms with van der Waals surface area (Å²) in [6.45, 7) is 8.17. The van der Waals surface area contributed by atoms with Crippen LogP contribution in [0, 0.1) is 18.6 Å². The highest BCUT2D eigenvalue weighted by molar-refractivity contribution is 5.82. The summed E-state index contributed by atoms with van der Waals surface area (Å²) in [6, 6.07) is 10.2. The van der Waals surface area contributed by atoms with Crippen molar-refractivity contribution in [2.75, 3.05) is 0 Å². The standard InChI is InChI=1S/C19H21F2N/c1-5-19(3,4)15-8-6-7-14(10-15)12-22-18-13(2)9-16(20)11-17(18)21/h6-12H,5H2,1-4H3. The van der Waals surface area contributed by atoms with Gasteiger partial charge < -0.3 is 0 Å². The van der Waals surface area contributed by atoms with Crippen molar-refractivity contribution in [3.63, 3.8) is 0 Å². The van der Waals surface area contributed by atoms with E-state index in [-0.39, 0.29) is 11.1 Å². The zero-order chi connectivity index (χ0) is 16.3. The van der Waals surface area contributed by atoms with E-state index in [2.05, 4.69) is 37.9 Å². The van der Waals surface area contributed by atoms with Gasteiger partial charge in [0, 0.05) is 12.3 Å². The number of rotatable bonds is 4. The van der Waals surface area contributed by atoms with Crippen LogP contribution in [-0.2, 0) is 5.41 Å². The van der Waals surface area contributed by atoms with Crippen molar-refractivity contribution in [3.8, 4) is 0 Å². The largest absolute Gasteiger partial charge is 0.253 e. The van der Waals surface area contributed by atoms with E-state index in [1.807, 2.05) is 12.1 Å². The van der Waals surface area contributed by atoms with Gasteiger partial charge in [0.1, 0.15) is 11.5 Å². The fourth-order valence-corrected chi connectivity index (χ4v) is 2.24. The lowest BCUT2D eigenvalue weighted by molar-refractivity contribution is 0.506. The topological polar surface area (TPSA) is 12.4 Å². The lowest BCUT2D eigenvalue weighted by Crippen LogP contribution is -2.15. The highest BCUT2D eigenvalue weighted by atomic mass is 19.1. The molecule has 0 N–H and O–H groups in total. The van der Waals surface area contributed by atoms with Crippen LogP contribution in [0.25, 0.3) is 0 Å². The van der Waals surface area contributed by atoms with Crippen LogP contribution in [0.1, 0.15) is 43.9 Å². The molecule has 0 aromatic heterocycles. The second-order valence-corrected chi connectivity index (χ2v) is 6.17. The highest BCUT2D eigenvalue weighted by Gasteiger charge is 2.17. The van der Waals surface area contributed by atoms with Crippen LogP contribution in [0.15, 0.2) is 41.4 Å². The van der Waals surface area contributed by atoms with Crippen LogP contribution in [0.5, 0.6) is 0 Å². The zero-order valence-electron chi connectivity index (χ0n) is 13.5. The molecule has 0 aliphatic heterocycles. The molecule has 22 heavy (non-hydrogen) atoms. The average molecular weight is 301 g/mol. The Morgan fingerprint density at radius 1 is 1.14 bits per heavy atom. The molecular weight excluding hydrogens is 280 g/mol. The minimum Gasteiger partial charge on any atom is -0.253 e. The normalized spacial score (nSPS) is 12.1. The van der Waals surface area contributed by atoms with Crippen molar-refractivity contribution in [2.45, 2.75) is 39.5 Å². The molecule has 0 fully saturated rings. The third-order valence-electron chi connectivity index (χ3n) is 4.11. The van der Waals surface area contributed by atoms with Crippen molar-refractivity contribution in [3.05, 3.63) is 64.7 Å². The Morgan fingerprint density at radius 3 is 2.50 bits per heavy atom. The molecule has 0 unspecified atom stereocenters. The highest BCUT2D eigenvalue weighted by Crippen LogP contribution is 2.27. The molecule has 0 radical (unpaired) electrons. The first-order chi connectivity index (χ1) is 10.3. The van der Waals surface area contributed by atoms with Gasteiger partial charge in [-0.15, -0.1) is 0 Å². The number of hydrogen-bond donors (Lipinski definition) is 0. The van der Waals surface area contributed by atoms with Gasteiger partial charge in [-0.05, 0) is 47.6 Å². The van der Waals surface area contributed by atoms with E-state index >= 15 is 0 Å². The molecule has 0 saturated carbocycles. The van der Waals surface area contributed by atoms with E-state index in [0.29, 0.717) is 5.56 Å². The van der Waals surface area contributed by atoms with E-state index in [1.54, 1.807) is 13.1 Å². The number of nitrogens with zero attached hydrogens (tertiary/aromatic N) is 1. The summed E-state index contributed by atoms with van der Waals surface area (Å²) < 4.78 is 26.9. The van der Waals surface area contributed by atoms with E-state index in [1.165, 1.54) is 11.6 Å². The molecule has 116 valence electrons. The third-order valence-corrected chi connectivity index (χ3v) is 4.11. The summed E-state index contributed by atoms with van der Waals surface area (Å²) >= 11 is 0. The number of benzene rings is 2. The van der Waals surface area contributed by atoms with E-state index < -0.39 is 11.6 Å². The summed E-state index contributed by atoms with van der Waals surface area (Å²) in [5, 5.41) is 0. The lowest BCUT2D eigenvalue weighted by Gasteiger charge is -2.23. The van der Waals surface area contributed by atoms with Crippen molar-refractivity contribution in [1.82, 2.24) is 0 Å². The monoisotopic (exact) mass is 301 g/mol. The van der Waals surface area contributed by atoms with E-state index in [4.69, 9.17) is 0 Å². The second-order valence-electron chi connectivity index (χ2n) is 6.17. The SMILES string of the molecule is CCC(C)(C)c1cccc(C=Nc2c(C)cc(F)cc2F)c1. The Labute approximate surface area is 130 Å². The fraction of sp³-hybridized carbons (Fsp3) is 0.316. The number of hydrogen-bond acceptors (Lipinski definition) is 1. The second kappa shape index (κ2) is 6.39. The molecule has 0 saturated heterocycles. The van der Waals surface area contributed by atoms with Gasteiger partial charge >= 0.3 is 0 Å². The van der Waals surface area contributed by atoms with Crippen LogP contribution >= 0.6 is 0 Å². The summed E-state index contributed by atoms with van der Waals surface area (Å²) in [7, 11) is 0. The summed E-state index contributed by atoms with van der Waals surface area (Å²) in [5.41, 5.74) is 2.87. The molecule has 0 aliphatic carbocycles. The maximum Gasteiger partial charge on any atom is 0.151 e. The van der Waals surface area contributed by atoms with Crippen LogP contribution in [0.4, 0.5) is 14.5 Å². The minimum absolute atomic E-state index is 0.0842. The van der Waals surface area contributed by atoms with E-state index in [0.717, 1.165) is 18.1 Å². The lowest BCUT2D eigenvalue weighted by atomic mass is 9.82. The molecule has 0 bridgehead atoms. The van der Waals surface area contributed by atoms with Crippen LogP contribution in [-0.4, -0.2) is 6.21 Å². The molecule has 2 aromatic rings. The number of aryl methyl sites for hydroxylation is 1. The number of halogens is 2. The summed E-state index contributed by atoms with van der Waals surface area (Å²) in [4.78, 5) is 4.20. The Balaban J connectivity index is 2.34. The minimum atomic E-state index is -0.640. The van der Waals surface area contributed by atoms with Crippen molar-refractivity contribution < 1.29 is 8.78 Å². The third kappa shape index (κ3) is 3.59. The van der Waals surface area contributed by atoms with Crippen molar-refractivity contribution in [2.24, 2.45) is 4.99 Å². The molecule has 0 atom stereocenters. The summed E-state index contributed by atoms with van der Waals surface area (Å²) in [5.74, 6) is -1.22. The van der Waals surface area contributed by atoms with Gasteiger partial charge in [-0.2, -0.15) is 0 Å². The first-order valence-electron chi connectivity index (χ1n) is 7.44. The smallest absolute Gasteiger partial charge is 0.151 e. The first kappa shape index (κ1) is 16.3. The maximum absolute atomic E-state index is 13.8. The predicted octanol–water partition coefficient (Wildman–Crippen LogP) is 5.71. The molecular formula is C19H21F2N. The van der Waals surface area contributed by atoms with Gasteiger partial charge in [-0.3, -0.25) is 4.99 Å². The van der Waals surface area contributed by atoms with Crippen molar-refractivity contribution >= 4 is 11.9 Å². The van der Waals surface area contributed by atoms with Gasteiger partial charge in [0.15, 0.2) is 5.82 Å². The first-order valence-corrected chi connectivity index (χ1v) is 7.44. The molecule has 2 aromatic carbocycles. The molecule has 1 nitrogen and oxygen atoms in total. The van der Waals surface area contributed by atoms with Gasteiger partial charge in [0.25, 0.3) is 0 Å². The molecule has 0 heterocycles. The molecule has 3 heteroatoms. The molecule has 0 aliphatic rings. The van der Waals surface area contributed by atoms with Crippen molar-refractivity contribution in [1.29, 1.82) is 0 Å². The van der Waals surface area contributed by atoms with Gasteiger partial charge in [0.2, 0.25) is 0 Å². The Kier molecular flexibility index (Phi) is 4.74. The van der Waals surface area contributed by atoms with E-state index in [9.17, 15) is 8.78 Å². The van der Waals surface area contributed by atoms with Crippen LogP contribution < -0.4 is 0 Å². The maximum atomic E-state index is 13.8. The predicted molar refractivity (Wildman–Crippen MR) is 88.1 cm³/mol. The van der Waals surface area contributed by atoms with Gasteiger partial charge in [0.05, 0.1) is 0 Å². The average Bonchev–Trinajstić information content (AvgIpc) is 2.46. The Hall–Kier alpha value is -2.03. The number of aliphatic imine (C=N–C) groups is 1. The molecule has 2 rings (SSSR count). The van der Waals surface area contributed by atoms with Crippen LogP contribution in [0.2, 0.25) is 0 Å². The molecule has 0 amide bonds. The zero-order valence-corrected chi connectivity index (χ0v) is 13.5. The quantitative estimate of drug-likeness (QED) is 0.641. The Morgan fingerprint density at radius 2 is 1.86 bits per heavy atom. The summed E-state index contributed by atoms with van der Waals surface area (Å²) in [6.07, 6.45) is 2.65. The Bertz CT molecular complexity index is 679.